The van der Waals surface area contributed by atoms with Crippen LogP contribution in [0.1, 0.15) is 48.2 Å². The van der Waals surface area contributed by atoms with Crippen LogP contribution in [-0.4, -0.2) is 35.1 Å². The number of furan rings is 1. The SMILES string of the molecule is NNC(=O)c1occc1CN(CCO)C1CCCCC1. The number of rotatable bonds is 6. The van der Waals surface area contributed by atoms with Crippen LogP contribution in [0.2, 0.25) is 0 Å². The van der Waals surface area contributed by atoms with Crippen LogP contribution in [-0.2, 0) is 6.54 Å². The molecule has 1 saturated carbocycles. The molecule has 0 spiro atoms. The van der Waals surface area contributed by atoms with Crippen molar-refractivity contribution in [1.29, 1.82) is 0 Å². The Hall–Kier alpha value is -1.37. The smallest absolute Gasteiger partial charge is 0.301 e. The van der Waals surface area contributed by atoms with Crippen molar-refractivity contribution in [2.45, 2.75) is 44.7 Å². The summed E-state index contributed by atoms with van der Waals surface area (Å²) in [4.78, 5) is 13.8. The summed E-state index contributed by atoms with van der Waals surface area (Å²) in [6.07, 6.45) is 7.54. The average Bonchev–Trinajstić information content (AvgIpc) is 2.95. The number of hydrogen-bond donors (Lipinski definition) is 3. The van der Waals surface area contributed by atoms with E-state index in [2.05, 4.69) is 10.3 Å². The van der Waals surface area contributed by atoms with Crippen LogP contribution in [0.25, 0.3) is 0 Å². The lowest BCUT2D eigenvalue weighted by Crippen LogP contribution is -2.39. The predicted molar refractivity (Wildman–Crippen MR) is 74.7 cm³/mol. The molecular weight excluding hydrogens is 258 g/mol. The van der Waals surface area contributed by atoms with Gasteiger partial charge in [0.05, 0.1) is 12.9 Å². The van der Waals surface area contributed by atoms with Gasteiger partial charge in [0.15, 0.2) is 5.76 Å². The molecule has 20 heavy (non-hydrogen) atoms. The molecule has 4 N–H and O–H groups in total. The van der Waals surface area contributed by atoms with Crippen molar-refractivity contribution in [3.8, 4) is 0 Å². The van der Waals surface area contributed by atoms with Gasteiger partial charge in [-0.25, -0.2) is 5.84 Å². The number of hydrazine groups is 1. The second-order valence-corrected chi connectivity index (χ2v) is 5.23. The summed E-state index contributed by atoms with van der Waals surface area (Å²) in [5.74, 6) is 4.99. The van der Waals surface area contributed by atoms with Crippen LogP contribution in [0.15, 0.2) is 16.7 Å². The number of nitrogens with zero attached hydrogens (tertiary/aromatic N) is 1. The Kier molecular flexibility index (Phi) is 5.58. The monoisotopic (exact) mass is 281 g/mol. The van der Waals surface area contributed by atoms with Crippen molar-refractivity contribution in [2.75, 3.05) is 13.2 Å². The highest BCUT2D eigenvalue weighted by Crippen LogP contribution is 2.24. The topological polar surface area (TPSA) is 91.7 Å². The van der Waals surface area contributed by atoms with E-state index >= 15 is 0 Å². The number of nitrogen functional groups attached to an aromatic ring is 1. The lowest BCUT2D eigenvalue weighted by Gasteiger charge is -2.33. The summed E-state index contributed by atoms with van der Waals surface area (Å²) in [6, 6.07) is 2.26. The van der Waals surface area contributed by atoms with Crippen LogP contribution in [0.3, 0.4) is 0 Å². The molecule has 0 radical (unpaired) electrons. The van der Waals surface area contributed by atoms with Crippen LogP contribution in [0.5, 0.6) is 0 Å². The van der Waals surface area contributed by atoms with Crippen LogP contribution in [0, 0.1) is 0 Å². The second kappa shape index (κ2) is 7.42. The summed E-state index contributed by atoms with van der Waals surface area (Å²) in [5.41, 5.74) is 2.90. The number of carbonyl (C=O) groups excluding carboxylic acids is 1. The Balaban J connectivity index is 2.07. The lowest BCUT2D eigenvalue weighted by molar-refractivity contribution is 0.0916. The van der Waals surface area contributed by atoms with Gasteiger partial charge in [0, 0.05) is 24.7 Å². The average molecular weight is 281 g/mol. The quantitative estimate of drug-likeness (QED) is 0.411. The number of aliphatic hydroxyl groups excluding tert-OH is 1. The summed E-state index contributed by atoms with van der Waals surface area (Å²) in [7, 11) is 0. The van der Waals surface area contributed by atoms with Crippen molar-refractivity contribution >= 4 is 5.91 Å². The molecule has 0 unspecified atom stereocenters. The van der Waals surface area contributed by atoms with Gasteiger partial charge in [-0.3, -0.25) is 15.1 Å². The first-order valence-electron chi connectivity index (χ1n) is 7.18. The Morgan fingerprint density at radius 1 is 1.45 bits per heavy atom. The maximum atomic E-state index is 11.6. The molecule has 1 aliphatic rings. The molecule has 1 heterocycles. The summed E-state index contributed by atoms with van der Waals surface area (Å²) < 4.78 is 5.20. The molecular formula is C14H23N3O3. The van der Waals surface area contributed by atoms with E-state index in [9.17, 15) is 9.90 Å². The molecule has 6 heteroatoms. The maximum Gasteiger partial charge on any atom is 0.301 e. The van der Waals surface area contributed by atoms with Gasteiger partial charge in [0.25, 0.3) is 0 Å². The Labute approximate surface area is 118 Å². The number of aliphatic hydroxyl groups is 1. The molecule has 1 aromatic rings. The standard InChI is InChI=1S/C14H23N3O3/c15-16-14(19)13-11(6-9-20-13)10-17(7-8-18)12-4-2-1-3-5-12/h6,9,12,18H,1-5,7-8,10,15H2,(H,16,19). The second-order valence-electron chi connectivity index (χ2n) is 5.23. The van der Waals surface area contributed by atoms with Crippen LogP contribution < -0.4 is 11.3 Å². The molecule has 0 aliphatic heterocycles. The molecule has 1 fully saturated rings. The minimum atomic E-state index is -0.419. The normalized spacial score (nSPS) is 16.6. The minimum Gasteiger partial charge on any atom is -0.459 e. The van der Waals surface area contributed by atoms with Gasteiger partial charge in [-0.15, -0.1) is 0 Å². The first kappa shape index (κ1) is 15.0. The Morgan fingerprint density at radius 2 is 2.20 bits per heavy atom. The number of hydrogen-bond acceptors (Lipinski definition) is 5. The lowest BCUT2D eigenvalue weighted by atomic mass is 9.94. The van der Waals surface area contributed by atoms with E-state index in [-0.39, 0.29) is 12.4 Å². The molecule has 1 aliphatic carbocycles. The van der Waals surface area contributed by atoms with E-state index in [0.717, 1.165) is 18.4 Å². The molecule has 112 valence electrons. The summed E-state index contributed by atoms with van der Waals surface area (Å²) in [5, 5.41) is 9.26. The van der Waals surface area contributed by atoms with Crippen molar-refractivity contribution in [1.82, 2.24) is 10.3 Å². The molecule has 2 rings (SSSR count). The van der Waals surface area contributed by atoms with Crippen molar-refractivity contribution in [2.24, 2.45) is 5.84 Å². The van der Waals surface area contributed by atoms with Gasteiger partial charge < -0.3 is 9.52 Å². The highest BCUT2D eigenvalue weighted by molar-refractivity contribution is 5.92. The molecule has 0 atom stereocenters. The third-order valence-corrected chi connectivity index (χ3v) is 3.94. The fourth-order valence-electron chi connectivity index (χ4n) is 2.91. The number of nitrogens with two attached hydrogens (primary N) is 1. The molecule has 1 aromatic heterocycles. The zero-order chi connectivity index (χ0) is 14.4. The van der Waals surface area contributed by atoms with Gasteiger partial charge in [-0.2, -0.15) is 0 Å². The van der Waals surface area contributed by atoms with Gasteiger partial charge in [-0.1, -0.05) is 19.3 Å². The highest BCUT2D eigenvalue weighted by atomic mass is 16.3. The van der Waals surface area contributed by atoms with E-state index in [1.54, 1.807) is 6.07 Å². The molecule has 0 aromatic carbocycles. The molecule has 1 amide bonds. The van der Waals surface area contributed by atoms with Gasteiger partial charge in [0.2, 0.25) is 0 Å². The predicted octanol–water partition coefficient (Wildman–Crippen LogP) is 1.01. The highest BCUT2D eigenvalue weighted by Gasteiger charge is 2.23. The van der Waals surface area contributed by atoms with Crippen LogP contribution >= 0.6 is 0 Å². The largest absolute Gasteiger partial charge is 0.459 e. The first-order chi connectivity index (χ1) is 9.76. The van der Waals surface area contributed by atoms with Crippen molar-refractivity contribution in [3.05, 3.63) is 23.7 Å². The van der Waals surface area contributed by atoms with Crippen molar-refractivity contribution < 1.29 is 14.3 Å². The van der Waals surface area contributed by atoms with E-state index in [0.29, 0.717) is 19.1 Å². The first-order valence-corrected chi connectivity index (χ1v) is 7.18. The van der Waals surface area contributed by atoms with E-state index in [1.165, 1.54) is 25.5 Å². The molecule has 0 saturated heterocycles. The zero-order valence-electron chi connectivity index (χ0n) is 11.7. The van der Waals surface area contributed by atoms with Gasteiger partial charge >= 0.3 is 5.91 Å². The van der Waals surface area contributed by atoms with Gasteiger partial charge in [-0.05, 0) is 18.9 Å². The minimum absolute atomic E-state index is 0.118. The number of carbonyl (C=O) groups is 1. The van der Waals surface area contributed by atoms with Gasteiger partial charge in [0.1, 0.15) is 0 Å². The molecule has 0 bridgehead atoms. The van der Waals surface area contributed by atoms with E-state index < -0.39 is 5.91 Å². The van der Waals surface area contributed by atoms with Crippen LogP contribution in [0.4, 0.5) is 0 Å². The summed E-state index contributed by atoms with van der Waals surface area (Å²) >= 11 is 0. The fraction of sp³-hybridized carbons (Fsp3) is 0.643. The fourth-order valence-corrected chi connectivity index (χ4v) is 2.91. The number of nitrogens with one attached hydrogen (secondary N) is 1. The maximum absolute atomic E-state index is 11.6. The van der Waals surface area contributed by atoms with Crippen molar-refractivity contribution in [3.63, 3.8) is 0 Å². The van der Waals surface area contributed by atoms with E-state index in [4.69, 9.17) is 10.3 Å². The Morgan fingerprint density at radius 3 is 2.85 bits per heavy atom. The van der Waals surface area contributed by atoms with E-state index in [1.807, 2.05) is 0 Å². The summed E-state index contributed by atoms with van der Waals surface area (Å²) in [6.45, 7) is 1.33. The third kappa shape index (κ3) is 3.59. The Bertz CT molecular complexity index is 427. The molecule has 6 nitrogen and oxygen atoms in total. The third-order valence-electron chi connectivity index (χ3n) is 3.94. The number of amides is 1. The zero-order valence-corrected chi connectivity index (χ0v) is 11.7.